The van der Waals surface area contributed by atoms with Crippen LogP contribution in [-0.2, 0) is 9.59 Å². The predicted octanol–water partition coefficient (Wildman–Crippen LogP) is 4.78. The van der Waals surface area contributed by atoms with Crippen LogP contribution >= 0.6 is 0 Å². The Morgan fingerprint density at radius 1 is 1.13 bits per heavy atom. The van der Waals surface area contributed by atoms with Crippen molar-refractivity contribution >= 4 is 11.9 Å². The first-order chi connectivity index (χ1) is 10.7. The summed E-state index contributed by atoms with van der Waals surface area (Å²) in [5.41, 5.74) is 0.889. The Hall–Kier alpha value is -1.84. The normalized spacial score (nSPS) is 12.7. The molecule has 0 amide bonds. The van der Waals surface area contributed by atoms with Gasteiger partial charge in [-0.25, -0.2) is 0 Å². The van der Waals surface area contributed by atoms with Gasteiger partial charge in [-0.2, -0.15) is 0 Å². The number of carbonyl (C=O) groups excluding carboxylic acids is 1. The Kier molecular flexibility index (Phi) is 7.27. The molecule has 1 atom stereocenters. The zero-order valence-electron chi connectivity index (χ0n) is 14.6. The summed E-state index contributed by atoms with van der Waals surface area (Å²) in [5, 5.41) is 9.53. The molecule has 1 aromatic carbocycles. The molecule has 0 fully saturated rings. The van der Waals surface area contributed by atoms with E-state index >= 15 is 0 Å². The quantitative estimate of drug-likeness (QED) is 0.425. The van der Waals surface area contributed by atoms with Crippen LogP contribution in [0, 0.1) is 5.41 Å². The summed E-state index contributed by atoms with van der Waals surface area (Å²) in [6, 6.07) is 6.89. The number of para-hydroxylation sites is 1. The van der Waals surface area contributed by atoms with Crippen molar-refractivity contribution in [3.05, 3.63) is 29.8 Å². The first-order valence-electron chi connectivity index (χ1n) is 8.21. The molecule has 23 heavy (non-hydrogen) atoms. The van der Waals surface area contributed by atoms with Crippen LogP contribution in [-0.4, -0.2) is 17.0 Å². The summed E-state index contributed by atoms with van der Waals surface area (Å²) < 4.78 is 5.15. The first-order valence-corrected chi connectivity index (χ1v) is 8.21. The molecule has 0 saturated carbocycles. The topological polar surface area (TPSA) is 63.6 Å². The molecule has 1 aromatic rings. The van der Waals surface area contributed by atoms with Crippen molar-refractivity contribution in [2.75, 3.05) is 0 Å². The van der Waals surface area contributed by atoms with E-state index in [0.29, 0.717) is 23.1 Å². The minimum Gasteiger partial charge on any atom is -0.481 e. The molecule has 1 N–H and O–H groups in total. The number of hydrogen-bond donors (Lipinski definition) is 1. The summed E-state index contributed by atoms with van der Waals surface area (Å²) in [4.78, 5) is 22.8. The van der Waals surface area contributed by atoms with Crippen LogP contribution in [0.1, 0.15) is 71.3 Å². The smallest absolute Gasteiger partial charge is 0.311 e. The van der Waals surface area contributed by atoms with E-state index in [4.69, 9.17) is 4.74 Å². The third kappa shape index (κ3) is 7.31. The Morgan fingerprint density at radius 3 is 2.35 bits per heavy atom. The van der Waals surface area contributed by atoms with E-state index in [0.717, 1.165) is 25.7 Å². The maximum Gasteiger partial charge on any atom is 0.311 e. The molecular formula is C19H28O4. The van der Waals surface area contributed by atoms with E-state index in [1.54, 1.807) is 24.3 Å². The van der Waals surface area contributed by atoms with E-state index < -0.39 is 17.9 Å². The molecule has 0 aliphatic heterocycles. The lowest BCUT2D eigenvalue weighted by molar-refractivity contribution is -0.139. The molecule has 128 valence electrons. The molecule has 0 heterocycles. The Labute approximate surface area is 138 Å². The van der Waals surface area contributed by atoms with E-state index in [2.05, 4.69) is 20.8 Å². The highest BCUT2D eigenvalue weighted by Gasteiger charge is 2.23. The minimum absolute atomic E-state index is 0.314. The van der Waals surface area contributed by atoms with Gasteiger partial charge in [-0.05, 0) is 24.3 Å². The van der Waals surface area contributed by atoms with Gasteiger partial charge in [0.25, 0.3) is 0 Å². The van der Waals surface area contributed by atoms with Crippen molar-refractivity contribution in [3.8, 4) is 5.75 Å². The van der Waals surface area contributed by atoms with Gasteiger partial charge in [-0.3, -0.25) is 9.59 Å². The van der Waals surface area contributed by atoms with Crippen molar-refractivity contribution in [2.24, 2.45) is 5.41 Å². The molecule has 0 saturated heterocycles. The second-order valence-electron chi connectivity index (χ2n) is 7.18. The first kappa shape index (κ1) is 19.2. The van der Waals surface area contributed by atoms with Crippen LogP contribution in [0.15, 0.2) is 24.3 Å². The van der Waals surface area contributed by atoms with Crippen LogP contribution in [0.2, 0.25) is 0 Å². The molecule has 0 bridgehead atoms. The fraction of sp³-hybridized carbons (Fsp3) is 0.579. The monoisotopic (exact) mass is 320 g/mol. The number of unbranched alkanes of at least 4 members (excludes halogenated alkanes) is 2. The van der Waals surface area contributed by atoms with Crippen molar-refractivity contribution in [1.29, 1.82) is 0 Å². The molecule has 0 spiro atoms. The van der Waals surface area contributed by atoms with Gasteiger partial charge in [-0.1, -0.05) is 58.2 Å². The fourth-order valence-electron chi connectivity index (χ4n) is 2.61. The number of carbonyl (C=O) groups is 2. The van der Waals surface area contributed by atoms with Crippen LogP contribution in [0.3, 0.4) is 0 Å². The van der Waals surface area contributed by atoms with Crippen LogP contribution < -0.4 is 4.74 Å². The zero-order chi connectivity index (χ0) is 17.5. The zero-order valence-corrected chi connectivity index (χ0v) is 14.6. The van der Waals surface area contributed by atoms with Crippen molar-refractivity contribution in [3.63, 3.8) is 0 Å². The van der Waals surface area contributed by atoms with Crippen molar-refractivity contribution < 1.29 is 19.4 Å². The Bertz CT molecular complexity index is 528. The van der Waals surface area contributed by atoms with Gasteiger partial charge in [0.05, 0.1) is 5.92 Å². The van der Waals surface area contributed by atoms with Gasteiger partial charge in [0.2, 0.25) is 0 Å². The maximum absolute atomic E-state index is 11.6. The molecule has 4 heteroatoms. The molecule has 0 aromatic heterocycles. The van der Waals surface area contributed by atoms with E-state index in [9.17, 15) is 14.7 Å². The van der Waals surface area contributed by atoms with E-state index in [1.165, 1.54) is 6.92 Å². The third-order valence-corrected chi connectivity index (χ3v) is 3.77. The average molecular weight is 320 g/mol. The van der Waals surface area contributed by atoms with Gasteiger partial charge in [0.1, 0.15) is 5.75 Å². The number of benzene rings is 1. The maximum atomic E-state index is 11.6. The molecule has 0 aliphatic carbocycles. The lowest BCUT2D eigenvalue weighted by atomic mass is 9.88. The van der Waals surface area contributed by atoms with Crippen molar-refractivity contribution in [1.82, 2.24) is 0 Å². The number of rotatable bonds is 8. The summed E-state index contributed by atoms with van der Waals surface area (Å²) in [6.45, 7) is 7.95. The number of aliphatic carboxylic acids is 1. The van der Waals surface area contributed by atoms with Gasteiger partial charge < -0.3 is 9.84 Å². The fourth-order valence-corrected chi connectivity index (χ4v) is 2.61. The highest BCUT2D eigenvalue weighted by Crippen LogP contribution is 2.31. The Morgan fingerprint density at radius 2 is 1.78 bits per heavy atom. The summed E-state index contributed by atoms with van der Waals surface area (Å²) in [5.74, 6) is -1.60. The number of carboxylic acids is 1. The van der Waals surface area contributed by atoms with Gasteiger partial charge >= 0.3 is 11.9 Å². The highest BCUT2D eigenvalue weighted by molar-refractivity contribution is 5.78. The Balaban J connectivity index is 2.69. The molecule has 4 nitrogen and oxygen atoms in total. The van der Waals surface area contributed by atoms with Crippen LogP contribution in [0.5, 0.6) is 5.75 Å². The lowest BCUT2D eigenvalue weighted by Crippen LogP contribution is -2.14. The summed E-state index contributed by atoms with van der Waals surface area (Å²) in [7, 11) is 0. The molecular weight excluding hydrogens is 292 g/mol. The second-order valence-corrected chi connectivity index (χ2v) is 7.18. The molecule has 1 unspecified atom stereocenters. The minimum atomic E-state index is -0.875. The predicted molar refractivity (Wildman–Crippen MR) is 90.7 cm³/mol. The SMILES string of the molecule is CC(=O)Oc1ccccc1C(CCCCCC(C)(C)C)C(=O)O. The van der Waals surface area contributed by atoms with Gasteiger partial charge in [0.15, 0.2) is 0 Å². The average Bonchev–Trinajstić information content (AvgIpc) is 2.41. The van der Waals surface area contributed by atoms with Gasteiger partial charge in [0, 0.05) is 12.5 Å². The number of esters is 1. The lowest BCUT2D eigenvalue weighted by Gasteiger charge is -2.18. The van der Waals surface area contributed by atoms with Gasteiger partial charge in [-0.15, -0.1) is 0 Å². The summed E-state index contributed by atoms with van der Waals surface area (Å²) in [6.07, 6.45) is 4.65. The summed E-state index contributed by atoms with van der Waals surface area (Å²) >= 11 is 0. The molecule has 1 rings (SSSR count). The largest absolute Gasteiger partial charge is 0.481 e. The van der Waals surface area contributed by atoms with E-state index in [1.807, 2.05) is 0 Å². The molecule has 0 radical (unpaired) electrons. The van der Waals surface area contributed by atoms with Crippen molar-refractivity contribution in [2.45, 2.75) is 65.7 Å². The second kappa shape index (κ2) is 8.70. The highest BCUT2D eigenvalue weighted by atomic mass is 16.5. The van der Waals surface area contributed by atoms with Crippen LogP contribution in [0.25, 0.3) is 0 Å². The number of hydrogen-bond acceptors (Lipinski definition) is 3. The van der Waals surface area contributed by atoms with Crippen LogP contribution in [0.4, 0.5) is 0 Å². The molecule has 0 aliphatic rings. The third-order valence-electron chi connectivity index (χ3n) is 3.77. The number of carboxylic acid groups (broad SMARTS) is 1. The number of ether oxygens (including phenoxy) is 1. The van der Waals surface area contributed by atoms with E-state index in [-0.39, 0.29) is 0 Å². The standard InChI is InChI=1S/C19H28O4/c1-14(20)23-17-12-8-7-10-15(17)16(18(21)22)11-6-5-9-13-19(2,3)4/h7-8,10,12,16H,5-6,9,11,13H2,1-4H3,(H,21,22).